The van der Waals surface area contributed by atoms with E-state index in [2.05, 4.69) is 5.32 Å². The van der Waals surface area contributed by atoms with E-state index in [1.54, 1.807) is 18.2 Å². The molecule has 0 saturated heterocycles. The van der Waals surface area contributed by atoms with E-state index in [0.717, 1.165) is 17.6 Å². The van der Waals surface area contributed by atoms with Crippen LogP contribution in [0, 0.1) is 13.8 Å². The van der Waals surface area contributed by atoms with Gasteiger partial charge in [-0.2, -0.15) is 0 Å². The van der Waals surface area contributed by atoms with E-state index in [4.69, 9.17) is 14.2 Å². The first kappa shape index (κ1) is 25.3. The Morgan fingerprint density at radius 1 is 1.00 bits per heavy atom. The molecular weight excluding hydrogens is 432 g/mol. The number of aryl methyl sites for hydroxylation is 2. The Morgan fingerprint density at radius 3 is 2.34 bits per heavy atom. The summed E-state index contributed by atoms with van der Waals surface area (Å²) in [6, 6.07) is 10.8. The molecule has 0 aliphatic rings. The molecule has 0 aromatic heterocycles. The maximum atomic E-state index is 12.4. The predicted molar refractivity (Wildman–Crippen MR) is 125 cm³/mol. The average Bonchev–Trinajstić information content (AvgIpc) is 2.75. The van der Waals surface area contributed by atoms with Crippen molar-refractivity contribution in [2.75, 3.05) is 44.5 Å². The summed E-state index contributed by atoms with van der Waals surface area (Å²) in [4.78, 5) is 12.2. The van der Waals surface area contributed by atoms with E-state index in [1.165, 1.54) is 24.1 Å². The molecular formula is C23H32N2O6S. The zero-order valence-electron chi connectivity index (χ0n) is 19.3. The van der Waals surface area contributed by atoms with Crippen LogP contribution in [0.15, 0.2) is 36.4 Å². The van der Waals surface area contributed by atoms with Crippen LogP contribution in [0.3, 0.4) is 0 Å². The summed E-state index contributed by atoms with van der Waals surface area (Å²) >= 11 is 0. The van der Waals surface area contributed by atoms with Gasteiger partial charge in [0.1, 0.15) is 23.9 Å². The molecule has 2 aromatic carbocycles. The van der Waals surface area contributed by atoms with Gasteiger partial charge in [-0.3, -0.25) is 9.10 Å². The Balaban J connectivity index is 1.86. The number of carbonyl (C=O) groups excluding carboxylic acids is 1. The summed E-state index contributed by atoms with van der Waals surface area (Å²) < 4.78 is 42.2. The number of methoxy groups -OCH3 is 2. The summed E-state index contributed by atoms with van der Waals surface area (Å²) in [6.45, 7) is 4.91. The summed E-state index contributed by atoms with van der Waals surface area (Å²) in [6.07, 6.45) is 1.65. The van der Waals surface area contributed by atoms with Crippen LogP contribution in [0.25, 0.3) is 0 Å². The number of nitrogens with one attached hydrogen (secondary N) is 1. The van der Waals surface area contributed by atoms with Gasteiger partial charge in [0, 0.05) is 19.0 Å². The second kappa shape index (κ2) is 11.6. The Kier molecular flexibility index (Phi) is 9.19. The van der Waals surface area contributed by atoms with Crippen molar-refractivity contribution in [3.8, 4) is 17.2 Å². The first-order valence-corrected chi connectivity index (χ1v) is 12.2. The topological polar surface area (TPSA) is 94.2 Å². The van der Waals surface area contributed by atoms with E-state index >= 15 is 0 Å². The molecule has 0 heterocycles. The third-order valence-electron chi connectivity index (χ3n) is 4.99. The number of hydrogen-bond donors (Lipinski definition) is 1. The van der Waals surface area contributed by atoms with Crippen molar-refractivity contribution in [2.45, 2.75) is 26.7 Å². The smallest absolute Gasteiger partial charge is 0.232 e. The lowest BCUT2D eigenvalue weighted by Crippen LogP contribution is -2.33. The highest BCUT2D eigenvalue weighted by Crippen LogP contribution is 2.33. The van der Waals surface area contributed by atoms with Gasteiger partial charge in [0.25, 0.3) is 0 Å². The van der Waals surface area contributed by atoms with Crippen LogP contribution in [0.2, 0.25) is 0 Å². The zero-order valence-corrected chi connectivity index (χ0v) is 20.1. The van der Waals surface area contributed by atoms with E-state index < -0.39 is 10.0 Å². The van der Waals surface area contributed by atoms with Gasteiger partial charge in [-0.25, -0.2) is 8.42 Å². The number of anilines is 1. The van der Waals surface area contributed by atoms with Crippen LogP contribution >= 0.6 is 0 Å². The molecule has 1 amide bonds. The largest absolute Gasteiger partial charge is 0.497 e. The first-order chi connectivity index (χ1) is 15.2. The average molecular weight is 465 g/mol. The minimum Gasteiger partial charge on any atom is -0.497 e. The van der Waals surface area contributed by atoms with Gasteiger partial charge in [0.15, 0.2) is 0 Å². The standard InChI is InChI=1S/C23H32N2O6S/c1-17-8-9-20(15-18(17)2)31-14-12-24-23(26)7-6-13-25(32(5,27)28)21-16-19(29-3)10-11-22(21)30-4/h8-11,15-16H,6-7,12-14H2,1-5H3,(H,24,26). The van der Waals surface area contributed by atoms with Crippen molar-refractivity contribution in [3.05, 3.63) is 47.5 Å². The quantitative estimate of drug-likeness (QED) is 0.485. The molecule has 2 rings (SSSR count). The molecule has 32 heavy (non-hydrogen) atoms. The highest BCUT2D eigenvalue weighted by Gasteiger charge is 2.22. The van der Waals surface area contributed by atoms with E-state index in [1.807, 2.05) is 32.0 Å². The monoisotopic (exact) mass is 464 g/mol. The molecule has 9 heteroatoms. The van der Waals surface area contributed by atoms with Crippen LogP contribution in [-0.2, 0) is 14.8 Å². The van der Waals surface area contributed by atoms with E-state index in [9.17, 15) is 13.2 Å². The van der Waals surface area contributed by atoms with Crippen molar-refractivity contribution in [1.29, 1.82) is 0 Å². The third kappa shape index (κ3) is 7.33. The van der Waals surface area contributed by atoms with Crippen LogP contribution < -0.4 is 23.8 Å². The fourth-order valence-corrected chi connectivity index (χ4v) is 4.05. The first-order valence-electron chi connectivity index (χ1n) is 10.3. The molecule has 0 spiro atoms. The molecule has 0 fully saturated rings. The fourth-order valence-electron chi connectivity index (χ4n) is 3.09. The Hall–Kier alpha value is -2.94. The lowest BCUT2D eigenvalue weighted by Gasteiger charge is -2.24. The highest BCUT2D eigenvalue weighted by molar-refractivity contribution is 7.92. The van der Waals surface area contributed by atoms with Crippen LogP contribution in [-0.4, -0.2) is 54.5 Å². The highest BCUT2D eigenvalue weighted by atomic mass is 32.2. The third-order valence-corrected chi connectivity index (χ3v) is 6.17. The number of amides is 1. The van der Waals surface area contributed by atoms with Gasteiger partial charge in [-0.15, -0.1) is 0 Å². The van der Waals surface area contributed by atoms with Gasteiger partial charge >= 0.3 is 0 Å². The Morgan fingerprint density at radius 2 is 1.72 bits per heavy atom. The number of carbonyl (C=O) groups is 1. The molecule has 176 valence electrons. The van der Waals surface area contributed by atoms with Crippen molar-refractivity contribution < 1.29 is 27.4 Å². The van der Waals surface area contributed by atoms with Gasteiger partial charge in [0.2, 0.25) is 15.9 Å². The van der Waals surface area contributed by atoms with E-state index in [-0.39, 0.29) is 18.9 Å². The number of benzene rings is 2. The maximum absolute atomic E-state index is 12.4. The van der Waals surface area contributed by atoms with Crippen molar-refractivity contribution in [1.82, 2.24) is 5.32 Å². The fraction of sp³-hybridized carbons (Fsp3) is 0.435. The number of rotatable bonds is 12. The lowest BCUT2D eigenvalue weighted by atomic mass is 10.1. The van der Waals surface area contributed by atoms with Gasteiger partial charge < -0.3 is 19.5 Å². The minimum atomic E-state index is -3.59. The Bertz CT molecular complexity index is 1020. The maximum Gasteiger partial charge on any atom is 0.232 e. The van der Waals surface area contributed by atoms with Crippen LogP contribution in [0.5, 0.6) is 17.2 Å². The van der Waals surface area contributed by atoms with Crippen molar-refractivity contribution in [3.63, 3.8) is 0 Å². The second-order valence-corrected chi connectivity index (χ2v) is 9.33. The normalized spacial score (nSPS) is 11.0. The van der Waals surface area contributed by atoms with Gasteiger partial charge in [-0.05, 0) is 55.7 Å². The molecule has 8 nitrogen and oxygen atoms in total. The molecule has 1 N–H and O–H groups in total. The van der Waals surface area contributed by atoms with Gasteiger partial charge in [0.05, 0.1) is 32.7 Å². The number of ether oxygens (including phenoxy) is 3. The number of hydrogen-bond acceptors (Lipinski definition) is 6. The second-order valence-electron chi connectivity index (χ2n) is 7.42. The van der Waals surface area contributed by atoms with E-state index in [0.29, 0.717) is 36.8 Å². The summed E-state index contributed by atoms with van der Waals surface area (Å²) in [5, 5.41) is 2.80. The molecule has 0 bridgehead atoms. The van der Waals surface area contributed by atoms with Crippen LogP contribution in [0.4, 0.5) is 5.69 Å². The number of sulfonamides is 1. The predicted octanol–water partition coefficient (Wildman–Crippen LogP) is 3.06. The molecule has 0 unspecified atom stereocenters. The molecule has 0 saturated carbocycles. The Labute approximate surface area is 190 Å². The summed E-state index contributed by atoms with van der Waals surface area (Å²) in [5.74, 6) is 1.51. The summed E-state index contributed by atoms with van der Waals surface area (Å²) in [7, 11) is -0.610. The SMILES string of the molecule is COc1ccc(OC)c(N(CCCC(=O)NCCOc2ccc(C)c(C)c2)S(C)(=O)=O)c1. The summed E-state index contributed by atoms with van der Waals surface area (Å²) in [5.41, 5.74) is 2.71. The molecule has 0 aliphatic heterocycles. The van der Waals surface area contributed by atoms with Crippen LogP contribution in [0.1, 0.15) is 24.0 Å². The van der Waals surface area contributed by atoms with Crippen molar-refractivity contribution in [2.24, 2.45) is 0 Å². The van der Waals surface area contributed by atoms with Gasteiger partial charge in [-0.1, -0.05) is 6.07 Å². The lowest BCUT2D eigenvalue weighted by molar-refractivity contribution is -0.121. The zero-order chi connectivity index (χ0) is 23.7. The molecule has 0 atom stereocenters. The molecule has 0 aliphatic carbocycles. The number of nitrogens with zero attached hydrogens (tertiary/aromatic N) is 1. The minimum absolute atomic E-state index is 0.134. The molecule has 2 aromatic rings. The van der Waals surface area contributed by atoms with Crippen molar-refractivity contribution >= 4 is 21.6 Å². The molecule has 0 radical (unpaired) electrons.